The van der Waals surface area contributed by atoms with Crippen molar-refractivity contribution < 1.29 is 14.0 Å². The van der Waals surface area contributed by atoms with Crippen molar-refractivity contribution in [3.05, 3.63) is 34.1 Å². The summed E-state index contributed by atoms with van der Waals surface area (Å²) in [6.07, 6.45) is 0. The summed E-state index contributed by atoms with van der Waals surface area (Å²) in [5, 5.41) is 5.31. The van der Waals surface area contributed by atoms with Gasteiger partial charge in [-0.15, -0.1) is 0 Å². The molecule has 0 spiro atoms. The van der Waals surface area contributed by atoms with Crippen LogP contribution in [0.2, 0.25) is 0 Å². The van der Waals surface area contributed by atoms with Crippen LogP contribution in [0.15, 0.2) is 22.7 Å². The molecule has 0 aliphatic rings. The fraction of sp³-hybridized carbons (Fsp3) is 0.429. The number of halogens is 2. The molecule has 0 aromatic heterocycles. The van der Waals surface area contributed by atoms with E-state index in [0.29, 0.717) is 16.9 Å². The Labute approximate surface area is 126 Å². The number of hydrogen-bond acceptors (Lipinski definition) is 2. The lowest BCUT2D eigenvalue weighted by Crippen LogP contribution is -2.45. The minimum Gasteiger partial charge on any atom is -0.354 e. The highest BCUT2D eigenvalue weighted by Gasteiger charge is 2.18. The number of hydrogen-bond donors (Lipinski definition) is 2. The van der Waals surface area contributed by atoms with E-state index in [4.69, 9.17) is 0 Å². The van der Waals surface area contributed by atoms with Crippen LogP contribution in [0.4, 0.5) is 4.39 Å². The average molecular weight is 345 g/mol. The Bertz CT molecular complexity index is 506. The summed E-state index contributed by atoms with van der Waals surface area (Å²) in [6, 6.07) is 3.12. The van der Waals surface area contributed by atoms with Crippen molar-refractivity contribution in [1.29, 1.82) is 0 Å². The largest absolute Gasteiger partial charge is 0.354 e. The van der Waals surface area contributed by atoms with Crippen molar-refractivity contribution >= 4 is 27.7 Å². The van der Waals surface area contributed by atoms with Crippen molar-refractivity contribution in [2.24, 2.45) is 5.92 Å². The van der Waals surface area contributed by atoms with Gasteiger partial charge in [0, 0.05) is 11.0 Å². The van der Waals surface area contributed by atoms with Crippen LogP contribution in [0, 0.1) is 11.7 Å². The molecule has 20 heavy (non-hydrogen) atoms. The van der Waals surface area contributed by atoms with Crippen LogP contribution < -0.4 is 10.6 Å². The van der Waals surface area contributed by atoms with Crippen molar-refractivity contribution in [3.8, 4) is 0 Å². The fourth-order valence-electron chi connectivity index (χ4n) is 1.47. The number of carbonyl (C=O) groups excluding carboxylic acids is 2. The lowest BCUT2D eigenvalue weighted by molar-refractivity contribution is -0.122. The summed E-state index contributed by atoms with van der Waals surface area (Å²) in [7, 11) is 0. The van der Waals surface area contributed by atoms with Crippen molar-refractivity contribution in [1.82, 2.24) is 10.6 Å². The molecule has 0 fully saturated rings. The Kier molecular flexibility index (Phi) is 6.13. The number of rotatable bonds is 5. The number of amides is 2. The molecule has 1 unspecified atom stereocenters. The molecular weight excluding hydrogens is 327 g/mol. The van der Waals surface area contributed by atoms with Gasteiger partial charge >= 0.3 is 0 Å². The van der Waals surface area contributed by atoms with Gasteiger partial charge in [-0.1, -0.05) is 13.8 Å². The molecule has 0 saturated carbocycles. The van der Waals surface area contributed by atoms with Gasteiger partial charge in [-0.25, -0.2) is 4.39 Å². The van der Waals surface area contributed by atoms with Gasteiger partial charge in [0.2, 0.25) is 5.91 Å². The molecule has 4 nitrogen and oxygen atoms in total. The number of nitrogens with one attached hydrogen (secondary N) is 2. The predicted molar refractivity (Wildman–Crippen MR) is 78.9 cm³/mol. The van der Waals surface area contributed by atoms with Crippen LogP contribution >= 0.6 is 15.9 Å². The Balaban J connectivity index is 2.63. The zero-order chi connectivity index (χ0) is 15.3. The molecule has 0 radical (unpaired) electrons. The lowest BCUT2D eigenvalue weighted by Gasteiger charge is -2.15. The summed E-state index contributed by atoms with van der Waals surface area (Å²) in [4.78, 5) is 23.7. The Morgan fingerprint density at radius 2 is 1.95 bits per heavy atom. The summed E-state index contributed by atoms with van der Waals surface area (Å²) in [5.74, 6) is -0.765. The van der Waals surface area contributed by atoms with E-state index in [1.807, 2.05) is 13.8 Å². The Morgan fingerprint density at radius 3 is 2.50 bits per heavy atom. The zero-order valence-corrected chi connectivity index (χ0v) is 13.3. The van der Waals surface area contributed by atoms with Crippen LogP contribution in [0.1, 0.15) is 31.1 Å². The van der Waals surface area contributed by atoms with Gasteiger partial charge in [0.15, 0.2) is 0 Å². The van der Waals surface area contributed by atoms with Crippen molar-refractivity contribution in [2.75, 3.05) is 6.54 Å². The first kappa shape index (κ1) is 16.6. The van der Waals surface area contributed by atoms with Gasteiger partial charge in [0.1, 0.15) is 11.9 Å². The van der Waals surface area contributed by atoms with E-state index in [1.54, 1.807) is 6.92 Å². The van der Waals surface area contributed by atoms with E-state index < -0.39 is 17.8 Å². The summed E-state index contributed by atoms with van der Waals surface area (Å²) >= 11 is 3.12. The molecule has 0 aliphatic heterocycles. The van der Waals surface area contributed by atoms with Gasteiger partial charge < -0.3 is 10.6 Å². The Hall–Kier alpha value is -1.43. The molecule has 1 atom stereocenters. The monoisotopic (exact) mass is 344 g/mol. The minimum absolute atomic E-state index is 0.245. The molecule has 1 aromatic rings. The highest BCUT2D eigenvalue weighted by Crippen LogP contribution is 2.17. The van der Waals surface area contributed by atoms with E-state index in [9.17, 15) is 14.0 Å². The molecule has 110 valence electrons. The SMILES string of the molecule is CC(C)CNC(=O)C(C)NC(=O)c1ccc(F)cc1Br. The van der Waals surface area contributed by atoms with Crippen LogP contribution in [-0.2, 0) is 4.79 Å². The van der Waals surface area contributed by atoms with Crippen LogP contribution in [0.25, 0.3) is 0 Å². The summed E-state index contributed by atoms with van der Waals surface area (Å²) in [6.45, 7) is 6.13. The molecule has 0 saturated heterocycles. The molecule has 6 heteroatoms. The highest BCUT2D eigenvalue weighted by atomic mass is 79.9. The van der Waals surface area contributed by atoms with E-state index in [2.05, 4.69) is 26.6 Å². The van der Waals surface area contributed by atoms with E-state index in [0.717, 1.165) is 0 Å². The first-order chi connectivity index (χ1) is 9.31. The second-order valence-electron chi connectivity index (χ2n) is 4.96. The zero-order valence-electron chi connectivity index (χ0n) is 11.7. The van der Waals surface area contributed by atoms with Crippen LogP contribution in [-0.4, -0.2) is 24.4 Å². The van der Waals surface area contributed by atoms with Crippen molar-refractivity contribution in [2.45, 2.75) is 26.8 Å². The molecule has 1 aromatic carbocycles. The molecule has 1 rings (SSSR count). The highest BCUT2D eigenvalue weighted by molar-refractivity contribution is 9.10. The summed E-state index contributed by atoms with van der Waals surface area (Å²) in [5.41, 5.74) is 0.287. The molecule has 2 N–H and O–H groups in total. The maximum atomic E-state index is 13.0. The molecule has 0 heterocycles. The first-order valence-corrected chi connectivity index (χ1v) is 7.14. The van der Waals surface area contributed by atoms with Crippen LogP contribution in [0.3, 0.4) is 0 Å². The minimum atomic E-state index is -0.654. The smallest absolute Gasteiger partial charge is 0.253 e. The maximum Gasteiger partial charge on any atom is 0.253 e. The molecule has 2 amide bonds. The Morgan fingerprint density at radius 1 is 1.30 bits per heavy atom. The topological polar surface area (TPSA) is 58.2 Å². The number of carbonyl (C=O) groups is 2. The predicted octanol–water partition coefficient (Wildman–Crippen LogP) is 2.48. The van der Waals surface area contributed by atoms with Crippen LogP contribution in [0.5, 0.6) is 0 Å². The first-order valence-electron chi connectivity index (χ1n) is 6.35. The van der Waals surface area contributed by atoms with E-state index in [-0.39, 0.29) is 11.5 Å². The standard InChI is InChI=1S/C14H18BrFN2O2/c1-8(2)7-17-13(19)9(3)18-14(20)11-5-4-10(16)6-12(11)15/h4-6,8-9H,7H2,1-3H3,(H,17,19)(H,18,20). The second-order valence-corrected chi connectivity index (χ2v) is 5.81. The quantitative estimate of drug-likeness (QED) is 0.861. The third-order valence-electron chi connectivity index (χ3n) is 2.60. The molecule has 0 bridgehead atoms. The van der Waals surface area contributed by atoms with Crippen molar-refractivity contribution in [3.63, 3.8) is 0 Å². The van der Waals surface area contributed by atoms with Gasteiger partial charge in [-0.3, -0.25) is 9.59 Å². The van der Waals surface area contributed by atoms with Gasteiger partial charge in [0.25, 0.3) is 5.91 Å². The maximum absolute atomic E-state index is 13.0. The summed E-state index contributed by atoms with van der Waals surface area (Å²) < 4.78 is 13.3. The lowest BCUT2D eigenvalue weighted by atomic mass is 10.2. The van der Waals surface area contributed by atoms with Gasteiger partial charge in [-0.2, -0.15) is 0 Å². The number of benzene rings is 1. The fourth-order valence-corrected chi connectivity index (χ4v) is 2.00. The van der Waals surface area contributed by atoms with Gasteiger partial charge in [0.05, 0.1) is 5.56 Å². The second kappa shape index (κ2) is 7.38. The average Bonchev–Trinajstić information content (AvgIpc) is 2.35. The normalized spacial score (nSPS) is 12.1. The van der Waals surface area contributed by atoms with Gasteiger partial charge in [-0.05, 0) is 47.0 Å². The molecular formula is C14H18BrFN2O2. The van der Waals surface area contributed by atoms with E-state index >= 15 is 0 Å². The van der Waals surface area contributed by atoms with E-state index in [1.165, 1.54) is 18.2 Å². The third kappa shape index (κ3) is 4.92. The third-order valence-corrected chi connectivity index (χ3v) is 3.26. The molecule has 0 aliphatic carbocycles.